The van der Waals surface area contributed by atoms with Crippen molar-refractivity contribution < 1.29 is 0 Å². The minimum absolute atomic E-state index is 0.574. The van der Waals surface area contributed by atoms with Crippen LogP contribution in [0.15, 0.2) is 48.5 Å². The molecule has 0 aliphatic carbocycles. The Labute approximate surface area is 134 Å². The molecule has 116 valence electrons. The molecule has 2 aromatic rings. The first-order valence-corrected chi connectivity index (χ1v) is 8.27. The molecule has 22 heavy (non-hydrogen) atoms. The van der Waals surface area contributed by atoms with Crippen LogP contribution >= 0.6 is 0 Å². The summed E-state index contributed by atoms with van der Waals surface area (Å²) in [5.41, 5.74) is 5.37. The third-order valence-corrected chi connectivity index (χ3v) is 4.62. The molecule has 1 fully saturated rings. The van der Waals surface area contributed by atoms with Crippen LogP contribution in [0.1, 0.15) is 25.3 Å². The molecule has 2 heteroatoms. The van der Waals surface area contributed by atoms with Gasteiger partial charge >= 0.3 is 0 Å². The Morgan fingerprint density at radius 3 is 2.14 bits per heavy atom. The molecular weight excluding hydrogens is 268 g/mol. The molecule has 1 aliphatic rings. The van der Waals surface area contributed by atoms with Crippen molar-refractivity contribution in [3.05, 3.63) is 54.1 Å². The Kier molecular flexibility index (Phi) is 4.49. The summed E-state index contributed by atoms with van der Waals surface area (Å²) in [7, 11) is 2.20. The van der Waals surface area contributed by atoms with E-state index in [0.717, 1.165) is 26.2 Å². The lowest BCUT2D eigenvalue weighted by atomic mass is 9.97. The highest BCUT2D eigenvalue weighted by atomic mass is 15.2. The van der Waals surface area contributed by atoms with Gasteiger partial charge in [-0.25, -0.2) is 0 Å². The number of nitrogens with zero attached hydrogens (tertiary/aromatic N) is 2. The van der Waals surface area contributed by atoms with E-state index in [1.165, 1.54) is 22.4 Å². The lowest BCUT2D eigenvalue weighted by Crippen LogP contribution is -2.44. The Balaban J connectivity index is 1.78. The van der Waals surface area contributed by atoms with Gasteiger partial charge in [0, 0.05) is 31.9 Å². The minimum Gasteiger partial charge on any atom is -0.369 e. The molecule has 0 radical (unpaired) electrons. The first kappa shape index (κ1) is 15.1. The van der Waals surface area contributed by atoms with Crippen molar-refractivity contribution in [1.82, 2.24) is 4.90 Å². The van der Waals surface area contributed by atoms with Gasteiger partial charge in [-0.15, -0.1) is 0 Å². The standard InChI is InChI=1S/C20H26N2/c1-16(2)18-5-4-6-19(15-18)17-7-9-20(10-8-17)22-13-11-21(3)12-14-22/h4-10,15-16H,11-14H2,1-3H3. The molecule has 2 nitrogen and oxygen atoms in total. The first-order chi connectivity index (χ1) is 10.6. The van der Waals surface area contributed by atoms with E-state index in [9.17, 15) is 0 Å². The maximum atomic E-state index is 2.48. The summed E-state index contributed by atoms with van der Waals surface area (Å²) < 4.78 is 0. The van der Waals surface area contributed by atoms with E-state index in [-0.39, 0.29) is 0 Å². The van der Waals surface area contributed by atoms with Gasteiger partial charge in [-0.3, -0.25) is 0 Å². The number of benzene rings is 2. The normalized spacial score (nSPS) is 16.3. The molecule has 0 aromatic heterocycles. The maximum absolute atomic E-state index is 2.48. The van der Waals surface area contributed by atoms with Crippen molar-refractivity contribution in [2.45, 2.75) is 19.8 Å². The van der Waals surface area contributed by atoms with Crippen molar-refractivity contribution in [2.75, 3.05) is 38.1 Å². The van der Waals surface area contributed by atoms with Crippen LogP contribution in [0.2, 0.25) is 0 Å². The van der Waals surface area contributed by atoms with Gasteiger partial charge in [0.05, 0.1) is 0 Å². The van der Waals surface area contributed by atoms with E-state index < -0.39 is 0 Å². The largest absolute Gasteiger partial charge is 0.369 e. The van der Waals surface area contributed by atoms with Crippen LogP contribution in [0, 0.1) is 0 Å². The minimum atomic E-state index is 0.574. The highest BCUT2D eigenvalue weighted by molar-refractivity contribution is 5.67. The lowest BCUT2D eigenvalue weighted by molar-refractivity contribution is 0.313. The summed E-state index contributed by atoms with van der Waals surface area (Å²) in [6.45, 7) is 9.04. The number of hydrogen-bond donors (Lipinski definition) is 0. The van der Waals surface area contributed by atoms with E-state index in [0.29, 0.717) is 5.92 Å². The predicted molar refractivity (Wildman–Crippen MR) is 95.7 cm³/mol. The van der Waals surface area contributed by atoms with Gasteiger partial charge in [-0.05, 0) is 41.8 Å². The van der Waals surface area contributed by atoms with E-state index in [1.807, 2.05) is 0 Å². The molecule has 3 rings (SSSR count). The van der Waals surface area contributed by atoms with Gasteiger partial charge in [0.15, 0.2) is 0 Å². The van der Waals surface area contributed by atoms with Crippen molar-refractivity contribution in [3.63, 3.8) is 0 Å². The van der Waals surface area contributed by atoms with Crippen LogP contribution in [0.4, 0.5) is 5.69 Å². The SMILES string of the molecule is CC(C)c1cccc(-c2ccc(N3CCN(C)CC3)cc2)c1. The van der Waals surface area contributed by atoms with Crippen LogP contribution in [-0.2, 0) is 0 Å². The van der Waals surface area contributed by atoms with Crippen LogP contribution in [0.5, 0.6) is 0 Å². The van der Waals surface area contributed by atoms with Crippen LogP contribution in [0.3, 0.4) is 0 Å². The second-order valence-corrected chi connectivity index (χ2v) is 6.62. The van der Waals surface area contributed by atoms with Crippen molar-refractivity contribution in [3.8, 4) is 11.1 Å². The first-order valence-electron chi connectivity index (χ1n) is 8.27. The number of anilines is 1. The zero-order chi connectivity index (χ0) is 15.5. The quantitative estimate of drug-likeness (QED) is 0.836. The Hall–Kier alpha value is -1.80. The topological polar surface area (TPSA) is 6.48 Å². The average molecular weight is 294 g/mol. The highest BCUT2D eigenvalue weighted by Crippen LogP contribution is 2.26. The Morgan fingerprint density at radius 1 is 0.818 bits per heavy atom. The monoisotopic (exact) mass is 294 g/mol. The third-order valence-electron chi connectivity index (χ3n) is 4.62. The Morgan fingerprint density at radius 2 is 1.50 bits per heavy atom. The van der Waals surface area contributed by atoms with Gasteiger partial charge in [-0.2, -0.15) is 0 Å². The van der Waals surface area contributed by atoms with Crippen molar-refractivity contribution in [1.29, 1.82) is 0 Å². The molecule has 1 heterocycles. The van der Waals surface area contributed by atoms with Crippen molar-refractivity contribution in [2.24, 2.45) is 0 Å². The van der Waals surface area contributed by atoms with E-state index in [1.54, 1.807) is 0 Å². The van der Waals surface area contributed by atoms with Gasteiger partial charge < -0.3 is 9.80 Å². The molecule has 0 spiro atoms. The number of piperazine rings is 1. The second kappa shape index (κ2) is 6.53. The number of rotatable bonds is 3. The average Bonchev–Trinajstić information content (AvgIpc) is 2.56. The summed E-state index contributed by atoms with van der Waals surface area (Å²) in [6.07, 6.45) is 0. The van der Waals surface area contributed by atoms with E-state index >= 15 is 0 Å². The van der Waals surface area contributed by atoms with Gasteiger partial charge in [-0.1, -0.05) is 50.2 Å². The maximum Gasteiger partial charge on any atom is 0.0367 e. The van der Waals surface area contributed by atoms with Crippen LogP contribution < -0.4 is 4.90 Å². The van der Waals surface area contributed by atoms with Gasteiger partial charge in [0.2, 0.25) is 0 Å². The molecule has 1 saturated heterocycles. The van der Waals surface area contributed by atoms with E-state index in [2.05, 4.69) is 79.2 Å². The van der Waals surface area contributed by atoms with Crippen LogP contribution in [0.25, 0.3) is 11.1 Å². The molecular formula is C20H26N2. The molecule has 0 unspecified atom stereocenters. The summed E-state index contributed by atoms with van der Waals surface area (Å²) in [4.78, 5) is 4.87. The fourth-order valence-electron chi connectivity index (χ4n) is 3.01. The molecule has 0 amide bonds. The van der Waals surface area contributed by atoms with Crippen LogP contribution in [-0.4, -0.2) is 38.1 Å². The molecule has 0 bridgehead atoms. The smallest absolute Gasteiger partial charge is 0.0367 e. The molecule has 2 aromatic carbocycles. The molecule has 0 saturated carbocycles. The molecule has 1 aliphatic heterocycles. The third kappa shape index (κ3) is 3.33. The zero-order valence-corrected chi connectivity index (χ0v) is 13.9. The summed E-state index contributed by atoms with van der Waals surface area (Å²) >= 11 is 0. The number of likely N-dealkylation sites (N-methyl/N-ethyl adjacent to an activating group) is 1. The summed E-state index contributed by atoms with van der Waals surface area (Å²) in [5, 5.41) is 0. The Bertz CT molecular complexity index is 608. The van der Waals surface area contributed by atoms with Crippen molar-refractivity contribution >= 4 is 5.69 Å². The zero-order valence-electron chi connectivity index (χ0n) is 13.9. The number of hydrogen-bond acceptors (Lipinski definition) is 2. The predicted octanol–water partition coefficient (Wildman–Crippen LogP) is 4.23. The van der Waals surface area contributed by atoms with Gasteiger partial charge in [0.25, 0.3) is 0 Å². The molecule has 0 atom stereocenters. The van der Waals surface area contributed by atoms with Gasteiger partial charge in [0.1, 0.15) is 0 Å². The fourth-order valence-corrected chi connectivity index (χ4v) is 3.01. The second-order valence-electron chi connectivity index (χ2n) is 6.62. The molecule has 0 N–H and O–H groups in total. The van der Waals surface area contributed by atoms with E-state index in [4.69, 9.17) is 0 Å². The summed E-state index contributed by atoms with van der Waals surface area (Å²) in [5.74, 6) is 0.574. The lowest BCUT2D eigenvalue weighted by Gasteiger charge is -2.34. The summed E-state index contributed by atoms with van der Waals surface area (Å²) in [6, 6.07) is 17.9. The fraction of sp³-hybridized carbons (Fsp3) is 0.400. The highest BCUT2D eigenvalue weighted by Gasteiger charge is 2.14.